The maximum Gasteiger partial charge on any atom is 0.198 e. The number of aromatic nitrogens is 1. The minimum Gasteiger partial charge on any atom is -0.358 e. The third kappa shape index (κ3) is 3.25. The zero-order valence-corrected chi connectivity index (χ0v) is 14.6. The van der Waals surface area contributed by atoms with E-state index in [2.05, 4.69) is 38.7 Å². The van der Waals surface area contributed by atoms with Gasteiger partial charge in [0.25, 0.3) is 0 Å². The van der Waals surface area contributed by atoms with Crippen molar-refractivity contribution in [3.05, 3.63) is 44.7 Å². The molecule has 1 aromatic heterocycles. The van der Waals surface area contributed by atoms with Crippen LogP contribution in [0.4, 0.5) is 0 Å². The van der Waals surface area contributed by atoms with Gasteiger partial charge in [-0.1, -0.05) is 19.9 Å². The molecule has 0 fully saturated rings. The van der Waals surface area contributed by atoms with Gasteiger partial charge in [-0.05, 0) is 50.8 Å². The summed E-state index contributed by atoms with van der Waals surface area (Å²) in [5, 5.41) is 0.830. The Balaban J connectivity index is 2.51. The lowest BCUT2D eigenvalue weighted by Gasteiger charge is -2.19. The van der Waals surface area contributed by atoms with Crippen LogP contribution < -0.4 is 10.3 Å². The second-order valence-electron chi connectivity index (χ2n) is 6.41. The summed E-state index contributed by atoms with van der Waals surface area (Å²) >= 11 is 0. The molecular formula is C19H29N2O+. The Kier molecular flexibility index (Phi) is 5.41. The number of pyridine rings is 1. The molecule has 0 amide bonds. The minimum absolute atomic E-state index is 0.207. The number of fused-ring (bicyclic) bond motifs is 1. The van der Waals surface area contributed by atoms with Crippen LogP contribution in [-0.2, 0) is 6.54 Å². The number of aryl methyl sites for hydroxylation is 3. The Hall–Kier alpha value is -1.61. The molecule has 2 N–H and O–H groups in total. The summed E-state index contributed by atoms with van der Waals surface area (Å²) < 4.78 is 0. The van der Waals surface area contributed by atoms with Crippen LogP contribution in [0.1, 0.15) is 49.1 Å². The smallest absolute Gasteiger partial charge is 0.198 e. The van der Waals surface area contributed by atoms with E-state index >= 15 is 0 Å². The number of quaternary nitrogens is 1. The monoisotopic (exact) mass is 301 g/mol. The molecule has 0 aliphatic heterocycles. The van der Waals surface area contributed by atoms with E-state index in [-0.39, 0.29) is 5.43 Å². The summed E-state index contributed by atoms with van der Waals surface area (Å²) in [6, 6.07) is 4.02. The van der Waals surface area contributed by atoms with E-state index in [9.17, 15) is 4.79 Å². The van der Waals surface area contributed by atoms with Crippen molar-refractivity contribution in [1.82, 2.24) is 4.98 Å². The second kappa shape index (κ2) is 7.10. The zero-order valence-electron chi connectivity index (χ0n) is 14.6. The second-order valence-corrected chi connectivity index (χ2v) is 6.41. The number of hydrogen-bond donors (Lipinski definition) is 2. The Bertz CT molecular complexity index is 709. The molecule has 0 atom stereocenters. The van der Waals surface area contributed by atoms with Crippen LogP contribution in [0.3, 0.4) is 0 Å². The van der Waals surface area contributed by atoms with Crippen LogP contribution in [0.15, 0.2) is 16.9 Å². The standard InChI is InChI=1S/C19H28N2O/c1-6-10-21(11-7-2)12-17-15(5)20-18-14(4)13(3)8-9-16(18)19(17)22/h8-9H,6-7,10-12H2,1-5H3,(H,20,22)/p+1. The lowest BCUT2D eigenvalue weighted by atomic mass is 10.0. The van der Waals surface area contributed by atoms with Gasteiger partial charge in [0.2, 0.25) is 0 Å². The first-order chi connectivity index (χ1) is 10.5. The maximum atomic E-state index is 12.9. The van der Waals surface area contributed by atoms with E-state index < -0.39 is 0 Å². The number of nitrogens with one attached hydrogen (secondary N) is 2. The van der Waals surface area contributed by atoms with Gasteiger partial charge in [-0.25, -0.2) is 0 Å². The van der Waals surface area contributed by atoms with Crippen LogP contribution in [0.5, 0.6) is 0 Å². The molecule has 0 saturated carbocycles. The molecule has 0 aliphatic carbocycles. The molecule has 0 aliphatic rings. The van der Waals surface area contributed by atoms with Crippen molar-refractivity contribution in [3.8, 4) is 0 Å². The van der Waals surface area contributed by atoms with Crippen LogP contribution >= 0.6 is 0 Å². The summed E-state index contributed by atoms with van der Waals surface area (Å²) in [6.07, 6.45) is 2.30. The van der Waals surface area contributed by atoms with Crippen LogP contribution in [0.25, 0.3) is 10.9 Å². The molecular weight excluding hydrogens is 272 g/mol. The van der Waals surface area contributed by atoms with Gasteiger partial charge in [0.15, 0.2) is 5.43 Å². The first kappa shape index (κ1) is 16.8. The predicted molar refractivity (Wildman–Crippen MR) is 93.8 cm³/mol. The normalized spacial score (nSPS) is 11.5. The average molecular weight is 301 g/mol. The highest BCUT2D eigenvalue weighted by atomic mass is 16.1. The Morgan fingerprint density at radius 1 is 1.05 bits per heavy atom. The fourth-order valence-corrected chi connectivity index (χ4v) is 3.23. The van der Waals surface area contributed by atoms with Crippen molar-refractivity contribution in [2.24, 2.45) is 0 Å². The Morgan fingerprint density at radius 2 is 1.68 bits per heavy atom. The molecule has 0 unspecified atom stereocenters. The molecule has 120 valence electrons. The minimum atomic E-state index is 0.207. The molecule has 3 nitrogen and oxygen atoms in total. The molecule has 0 saturated heterocycles. The van der Waals surface area contributed by atoms with Crippen LogP contribution in [-0.4, -0.2) is 18.1 Å². The topological polar surface area (TPSA) is 37.3 Å². The summed E-state index contributed by atoms with van der Waals surface area (Å²) in [5.41, 5.74) is 5.58. The van der Waals surface area contributed by atoms with E-state index in [1.807, 2.05) is 13.0 Å². The van der Waals surface area contributed by atoms with Crippen molar-refractivity contribution in [2.45, 2.75) is 54.0 Å². The molecule has 22 heavy (non-hydrogen) atoms. The summed E-state index contributed by atoms with van der Waals surface area (Å²) in [4.78, 5) is 17.9. The van der Waals surface area contributed by atoms with Gasteiger partial charge in [0.1, 0.15) is 6.54 Å². The fraction of sp³-hybridized carbons (Fsp3) is 0.526. The molecule has 0 bridgehead atoms. The maximum absolute atomic E-state index is 12.9. The van der Waals surface area contributed by atoms with Gasteiger partial charge < -0.3 is 9.88 Å². The molecule has 3 heteroatoms. The highest BCUT2D eigenvalue weighted by molar-refractivity contribution is 5.83. The molecule has 2 rings (SSSR count). The van der Waals surface area contributed by atoms with E-state index in [1.54, 1.807) is 0 Å². The van der Waals surface area contributed by atoms with E-state index in [1.165, 1.54) is 16.0 Å². The SMILES string of the molecule is CCC[NH+](CCC)Cc1c(C)[nH]c2c(C)c(C)ccc2c1=O. The van der Waals surface area contributed by atoms with Crippen LogP contribution in [0.2, 0.25) is 0 Å². The van der Waals surface area contributed by atoms with E-state index in [0.29, 0.717) is 0 Å². The molecule has 1 heterocycles. The summed E-state index contributed by atoms with van der Waals surface area (Å²) in [5.74, 6) is 0. The zero-order chi connectivity index (χ0) is 16.3. The quantitative estimate of drug-likeness (QED) is 0.846. The fourth-order valence-electron chi connectivity index (χ4n) is 3.23. The summed E-state index contributed by atoms with van der Waals surface area (Å²) in [6.45, 7) is 13.7. The van der Waals surface area contributed by atoms with Gasteiger partial charge in [-0.15, -0.1) is 0 Å². The largest absolute Gasteiger partial charge is 0.358 e. The number of hydrogen-bond acceptors (Lipinski definition) is 1. The van der Waals surface area contributed by atoms with Gasteiger partial charge in [-0.3, -0.25) is 4.79 Å². The summed E-state index contributed by atoms with van der Waals surface area (Å²) in [7, 11) is 0. The number of aromatic amines is 1. The van der Waals surface area contributed by atoms with Crippen molar-refractivity contribution in [1.29, 1.82) is 0 Å². The van der Waals surface area contributed by atoms with Crippen molar-refractivity contribution < 1.29 is 4.90 Å². The first-order valence-electron chi connectivity index (χ1n) is 8.44. The number of benzene rings is 1. The highest BCUT2D eigenvalue weighted by Crippen LogP contribution is 2.18. The lowest BCUT2D eigenvalue weighted by molar-refractivity contribution is -0.914. The van der Waals surface area contributed by atoms with E-state index in [4.69, 9.17) is 0 Å². The third-order valence-corrected chi connectivity index (χ3v) is 4.65. The van der Waals surface area contributed by atoms with Crippen molar-refractivity contribution in [2.75, 3.05) is 13.1 Å². The molecule has 0 spiro atoms. The van der Waals surface area contributed by atoms with E-state index in [0.717, 1.165) is 54.6 Å². The Morgan fingerprint density at radius 3 is 2.27 bits per heavy atom. The van der Waals surface area contributed by atoms with Gasteiger partial charge in [0, 0.05) is 11.1 Å². The highest BCUT2D eigenvalue weighted by Gasteiger charge is 2.16. The molecule has 0 radical (unpaired) electrons. The number of rotatable bonds is 6. The van der Waals surface area contributed by atoms with Gasteiger partial charge in [-0.2, -0.15) is 0 Å². The van der Waals surface area contributed by atoms with Gasteiger partial charge >= 0.3 is 0 Å². The van der Waals surface area contributed by atoms with Crippen molar-refractivity contribution in [3.63, 3.8) is 0 Å². The average Bonchev–Trinajstić information content (AvgIpc) is 2.48. The lowest BCUT2D eigenvalue weighted by Crippen LogP contribution is -3.10. The first-order valence-corrected chi connectivity index (χ1v) is 8.44. The third-order valence-electron chi connectivity index (χ3n) is 4.65. The van der Waals surface area contributed by atoms with Crippen LogP contribution in [0, 0.1) is 20.8 Å². The number of H-pyrrole nitrogens is 1. The van der Waals surface area contributed by atoms with Gasteiger partial charge in [0.05, 0.1) is 24.2 Å². The molecule has 1 aromatic carbocycles. The predicted octanol–water partition coefficient (Wildman–Crippen LogP) is 2.66. The molecule has 2 aromatic rings. The Labute approximate surface area is 133 Å². The van der Waals surface area contributed by atoms with Crippen molar-refractivity contribution >= 4 is 10.9 Å².